The van der Waals surface area contributed by atoms with Crippen LogP contribution in [-0.2, 0) is 4.79 Å². The number of benzene rings is 1. The minimum atomic E-state index is 0. The van der Waals surface area contributed by atoms with E-state index in [1.54, 1.807) is 0 Å². The van der Waals surface area contributed by atoms with Gasteiger partial charge in [0, 0.05) is 13.1 Å². The fourth-order valence-corrected chi connectivity index (χ4v) is 3.24. The molecule has 2 rings (SSSR count). The first-order valence-corrected chi connectivity index (χ1v) is 8.38. The lowest BCUT2D eigenvalue weighted by molar-refractivity contribution is -0.134. The molecule has 1 aliphatic rings. The van der Waals surface area contributed by atoms with Crippen LogP contribution in [0.25, 0.3) is 0 Å². The molecular weight excluding hydrogens is 310 g/mol. The molecule has 1 aromatic rings. The number of rotatable bonds is 6. The lowest BCUT2D eigenvalue weighted by Gasteiger charge is -2.36. The van der Waals surface area contributed by atoms with Gasteiger partial charge in [0.15, 0.2) is 0 Å². The summed E-state index contributed by atoms with van der Waals surface area (Å²) >= 11 is 0. The Morgan fingerprint density at radius 1 is 1.35 bits per heavy atom. The van der Waals surface area contributed by atoms with E-state index in [-0.39, 0.29) is 24.4 Å². The van der Waals surface area contributed by atoms with E-state index in [0.717, 1.165) is 13.0 Å². The van der Waals surface area contributed by atoms with E-state index in [0.29, 0.717) is 19.1 Å². The number of nitrogens with two attached hydrogens (primary N) is 1. The maximum Gasteiger partial charge on any atom is 0.237 e. The maximum absolute atomic E-state index is 12.6. The van der Waals surface area contributed by atoms with Crippen molar-refractivity contribution in [3.05, 3.63) is 35.9 Å². The molecule has 4 nitrogen and oxygen atoms in total. The van der Waals surface area contributed by atoms with Crippen molar-refractivity contribution >= 4 is 18.3 Å². The molecule has 1 fully saturated rings. The van der Waals surface area contributed by atoms with Gasteiger partial charge in [0.25, 0.3) is 0 Å². The molecule has 23 heavy (non-hydrogen) atoms. The summed E-state index contributed by atoms with van der Waals surface area (Å²) < 4.78 is 0. The van der Waals surface area contributed by atoms with Crippen LogP contribution >= 0.6 is 12.4 Å². The van der Waals surface area contributed by atoms with Crippen molar-refractivity contribution in [2.24, 2.45) is 5.73 Å². The number of likely N-dealkylation sites (tertiary alicyclic amines) is 1. The number of hydrogen-bond donors (Lipinski definition) is 1. The Balaban J connectivity index is 0.00000264. The third-order valence-corrected chi connectivity index (χ3v) is 4.84. The second kappa shape index (κ2) is 9.91. The number of amides is 1. The number of carbonyl (C=O) groups excluding carboxylic acids is 1. The molecule has 5 heteroatoms. The van der Waals surface area contributed by atoms with E-state index in [9.17, 15) is 4.79 Å². The van der Waals surface area contributed by atoms with Gasteiger partial charge in [-0.1, -0.05) is 36.8 Å². The number of carbonyl (C=O) groups is 1. The SMILES string of the molecule is CC(c1ccccc1)N(C)C(=O)CN1CCCCC1CCN.Cl. The number of nitrogens with zero attached hydrogens (tertiary/aromatic N) is 2. The van der Waals surface area contributed by atoms with Gasteiger partial charge in [-0.25, -0.2) is 0 Å². The standard InChI is InChI=1S/C18H29N3O.ClH/c1-15(16-8-4-3-5-9-16)20(2)18(22)14-21-13-7-6-10-17(21)11-12-19;/h3-5,8-9,15,17H,6-7,10-14,19H2,1-2H3;1H. The highest BCUT2D eigenvalue weighted by Gasteiger charge is 2.26. The van der Waals surface area contributed by atoms with Gasteiger partial charge >= 0.3 is 0 Å². The zero-order valence-electron chi connectivity index (χ0n) is 14.3. The molecule has 130 valence electrons. The normalized spacial score (nSPS) is 19.7. The summed E-state index contributed by atoms with van der Waals surface area (Å²) in [5.41, 5.74) is 6.89. The van der Waals surface area contributed by atoms with Crippen LogP contribution in [0.3, 0.4) is 0 Å². The van der Waals surface area contributed by atoms with Gasteiger partial charge in [-0.2, -0.15) is 0 Å². The van der Waals surface area contributed by atoms with Crippen molar-refractivity contribution in [3.8, 4) is 0 Å². The van der Waals surface area contributed by atoms with E-state index >= 15 is 0 Å². The Bertz CT molecular complexity index is 467. The van der Waals surface area contributed by atoms with Crippen LogP contribution in [0.15, 0.2) is 30.3 Å². The largest absolute Gasteiger partial charge is 0.338 e. The second-order valence-corrected chi connectivity index (χ2v) is 6.29. The molecule has 2 N–H and O–H groups in total. The topological polar surface area (TPSA) is 49.6 Å². The molecule has 2 unspecified atom stereocenters. The van der Waals surface area contributed by atoms with Crippen LogP contribution in [-0.4, -0.2) is 48.4 Å². The first-order chi connectivity index (χ1) is 10.6. The van der Waals surface area contributed by atoms with Crippen molar-refractivity contribution in [3.63, 3.8) is 0 Å². The summed E-state index contributed by atoms with van der Waals surface area (Å²) in [6.07, 6.45) is 4.60. The summed E-state index contributed by atoms with van der Waals surface area (Å²) in [7, 11) is 1.90. The Morgan fingerprint density at radius 3 is 2.70 bits per heavy atom. The third-order valence-electron chi connectivity index (χ3n) is 4.84. The second-order valence-electron chi connectivity index (χ2n) is 6.29. The van der Waals surface area contributed by atoms with Crippen molar-refractivity contribution < 1.29 is 4.79 Å². The molecule has 0 radical (unpaired) electrons. The summed E-state index contributed by atoms with van der Waals surface area (Å²) in [6, 6.07) is 10.8. The van der Waals surface area contributed by atoms with Crippen LogP contribution in [0.1, 0.15) is 44.2 Å². The van der Waals surface area contributed by atoms with E-state index in [1.165, 1.54) is 24.8 Å². The Labute approximate surface area is 146 Å². The average Bonchev–Trinajstić information content (AvgIpc) is 2.56. The number of hydrogen-bond acceptors (Lipinski definition) is 3. The van der Waals surface area contributed by atoms with Crippen LogP contribution in [0.5, 0.6) is 0 Å². The molecule has 0 saturated carbocycles. The van der Waals surface area contributed by atoms with Gasteiger partial charge in [-0.05, 0) is 44.8 Å². The van der Waals surface area contributed by atoms with Gasteiger partial charge in [-0.15, -0.1) is 12.4 Å². The molecule has 1 amide bonds. The quantitative estimate of drug-likeness (QED) is 0.867. The average molecular weight is 340 g/mol. The molecule has 2 atom stereocenters. The molecule has 1 heterocycles. The molecule has 0 aliphatic carbocycles. The fourth-order valence-electron chi connectivity index (χ4n) is 3.24. The minimum absolute atomic E-state index is 0. The van der Waals surface area contributed by atoms with E-state index in [1.807, 2.05) is 30.1 Å². The predicted molar refractivity (Wildman–Crippen MR) is 97.8 cm³/mol. The number of piperidine rings is 1. The highest BCUT2D eigenvalue weighted by atomic mass is 35.5. The van der Waals surface area contributed by atoms with Crippen molar-refractivity contribution in [2.75, 3.05) is 26.7 Å². The van der Waals surface area contributed by atoms with Crippen LogP contribution in [0.2, 0.25) is 0 Å². The van der Waals surface area contributed by atoms with Gasteiger partial charge in [0.1, 0.15) is 0 Å². The van der Waals surface area contributed by atoms with Crippen LogP contribution < -0.4 is 5.73 Å². The Hall–Kier alpha value is -1.10. The zero-order chi connectivity index (χ0) is 15.9. The molecular formula is C18H30ClN3O. The highest BCUT2D eigenvalue weighted by Crippen LogP contribution is 2.21. The van der Waals surface area contributed by atoms with Gasteiger partial charge in [-0.3, -0.25) is 9.69 Å². The minimum Gasteiger partial charge on any atom is -0.338 e. The third kappa shape index (κ3) is 5.48. The number of halogens is 1. The van der Waals surface area contributed by atoms with E-state index in [4.69, 9.17) is 5.73 Å². The zero-order valence-corrected chi connectivity index (χ0v) is 15.1. The predicted octanol–water partition coefficient (Wildman–Crippen LogP) is 2.83. The fraction of sp³-hybridized carbons (Fsp3) is 0.611. The van der Waals surface area contributed by atoms with Crippen molar-refractivity contribution in [1.29, 1.82) is 0 Å². The van der Waals surface area contributed by atoms with Gasteiger partial charge < -0.3 is 10.6 Å². The van der Waals surface area contributed by atoms with E-state index in [2.05, 4.69) is 24.0 Å². The lowest BCUT2D eigenvalue weighted by atomic mass is 9.99. The molecule has 1 aliphatic heterocycles. The lowest BCUT2D eigenvalue weighted by Crippen LogP contribution is -2.47. The van der Waals surface area contributed by atoms with Crippen LogP contribution in [0, 0.1) is 0 Å². The summed E-state index contributed by atoms with van der Waals surface area (Å²) in [5.74, 6) is 0.195. The number of likely N-dealkylation sites (N-methyl/N-ethyl adjacent to an activating group) is 1. The summed E-state index contributed by atoms with van der Waals surface area (Å²) in [6.45, 7) is 4.31. The van der Waals surface area contributed by atoms with Gasteiger partial charge in [0.2, 0.25) is 5.91 Å². The molecule has 0 bridgehead atoms. The molecule has 1 aromatic carbocycles. The van der Waals surface area contributed by atoms with Crippen LogP contribution in [0.4, 0.5) is 0 Å². The smallest absolute Gasteiger partial charge is 0.237 e. The first-order valence-electron chi connectivity index (χ1n) is 8.38. The maximum atomic E-state index is 12.6. The molecule has 1 saturated heterocycles. The summed E-state index contributed by atoms with van der Waals surface area (Å²) in [4.78, 5) is 16.8. The molecule has 0 aromatic heterocycles. The molecule has 0 spiro atoms. The Kier molecular flexibility index (Phi) is 8.59. The Morgan fingerprint density at radius 2 is 2.04 bits per heavy atom. The van der Waals surface area contributed by atoms with Gasteiger partial charge in [0.05, 0.1) is 12.6 Å². The first kappa shape index (κ1) is 19.9. The van der Waals surface area contributed by atoms with Crippen molar-refractivity contribution in [2.45, 2.75) is 44.7 Å². The monoisotopic (exact) mass is 339 g/mol. The van der Waals surface area contributed by atoms with E-state index < -0.39 is 0 Å². The highest BCUT2D eigenvalue weighted by molar-refractivity contribution is 5.85. The summed E-state index contributed by atoms with van der Waals surface area (Å²) in [5, 5.41) is 0. The van der Waals surface area contributed by atoms with Crippen molar-refractivity contribution in [1.82, 2.24) is 9.80 Å².